The van der Waals surface area contributed by atoms with Gasteiger partial charge in [-0.15, -0.1) is 0 Å². The van der Waals surface area contributed by atoms with Gasteiger partial charge in [0.2, 0.25) is 0 Å². The van der Waals surface area contributed by atoms with E-state index in [9.17, 15) is 5.11 Å². The van der Waals surface area contributed by atoms with Crippen LogP contribution in [0.15, 0.2) is 53.1 Å². The van der Waals surface area contributed by atoms with Crippen molar-refractivity contribution in [3.05, 3.63) is 54.6 Å². The Morgan fingerprint density at radius 2 is 1.65 bits per heavy atom. The van der Waals surface area contributed by atoms with Crippen molar-refractivity contribution in [2.24, 2.45) is 0 Å². The van der Waals surface area contributed by atoms with Crippen molar-refractivity contribution in [1.29, 1.82) is 0 Å². The van der Waals surface area contributed by atoms with Gasteiger partial charge >= 0.3 is 0 Å². The van der Waals surface area contributed by atoms with Crippen LogP contribution in [0.4, 0.5) is 0 Å². The molecule has 1 N–H and O–H groups in total. The number of nitrogens with zero attached hydrogens (tertiary/aromatic N) is 1. The summed E-state index contributed by atoms with van der Waals surface area (Å²) in [5, 5.41) is 13.3. The maximum Gasteiger partial charge on any atom is 0.175 e. The van der Waals surface area contributed by atoms with Crippen LogP contribution >= 0.6 is 0 Å². The minimum atomic E-state index is 0.212. The average Bonchev–Trinajstić information content (AvgIpc) is 2.98. The Balaban J connectivity index is 1.91. The number of methoxy groups -OCH3 is 1. The first-order chi connectivity index (χ1) is 9.76. The molecule has 4 heteroatoms. The van der Waals surface area contributed by atoms with Crippen molar-refractivity contribution in [3.8, 4) is 34.1 Å². The first kappa shape index (κ1) is 12.3. The van der Waals surface area contributed by atoms with Crippen molar-refractivity contribution in [2.75, 3.05) is 7.11 Å². The topological polar surface area (TPSA) is 55.5 Å². The normalized spacial score (nSPS) is 10.4. The molecule has 0 spiro atoms. The minimum Gasteiger partial charge on any atom is -0.508 e. The number of hydrogen-bond donors (Lipinski definition) is 1. The summed E-state index contributed by atoms with van der Waals surface area (Å²) in [5.41, 5.74) is 2.35. The van der Waals surface area contributed by atoms with Gasteiger partial charge in [0, 0.05) is 11.1 Å². The lowest BCUT2D eigenvalue weighted by molar-refractivity contribution is 0.415. The second-order valence-electron chi connectivity index (χ2n) is 4.26. The highest BCUT2D eigenvalue weighted by molar-refractivity contribution is 5.66. The van der Waals surface area contributed by atoms with Gasteiger partial charge in [0.25, 0.3) is 0 Å². The maximum atomic E-state index is 9.27. The van der Waals surface area contributed by atoms with E-state index in [1.165, 1.54) is 0 Å². The first-order valence-corrected chi connectivity index (χ1v) is 6.09. The summed E-state index contributed by atoms with van der Waals surface area (Å²) in [7, 11) is 1.63. The van der Waals surface area contributed by atoms with Crippen LogP contribution in [0.3, 0.4) is 0 Å². The van der Waals surface area contributed by atoms with Gasteiger partial charge in [0.1, 0.15) is 17.2 Å². The SMILES string of the molecule is COc1ccc(-c2[c]c(-c3ccc(O)cc3)on2)cc1. The number of aromatic hydroxyl groups is 1. The highest BCUT2D eigenvalue weighted by Crippen LogP contribution is 2.27. The summed E-state index contributed by atoms with van der Waals surface area (Å²) < 4.78 is 10.4. The molecule has 4 nitrogen and oxygen atoms in total. The van der Waals surface area contributed by atoms with Crippen molar-refractivity contribution >= 4 is 0 Å². The van der Waals surface area contributed by atoms with Gasteiger partial charge in [0.15, 0.2) is 5.76 Å². The standard InChI is InChI=1S/C16H12NO3/c1-19-14-8-4-11(5-9-14)15-10-16(20-17-15)12-2-6-13(18)7-3-12/h2-9,18H,1H3. The molecule has 3 rings (SSSR count). The molecule has 0 fully saturated rings. The smallest absolute Gasteiger partial charge is 0.175 e. The fourth-order valence-electron chi connectivity index (χ4n) is 1.86. The quantitative estimate of drug-likeness (QED) is 0.788. The number of benzene rings is 2. The average molecular weight is 266 g/mol. The Labute approximate surface area is 116 Å². The molecule has 0 bridgehead atoms. The first-order valence-electron chi connectivity index (χ1n) is 6.09. The highest BCUT2D eigenvalue weighted by atomic mass is 16.5. The van der Waals surface area contributed by atoms with Crippen LogP contribution in [0.2, 0.25) is 0 Å². The van der Waals surface area contributed by atoms with Crippen molar-refractivity contribution in [1.82, 2.24) is 5.16 Å². The van der Waals surface area contributed by atoms with Gasteiger partial charge in [-0.2, -0.15) is 0 Å². The predicted octanol–water partition coefficient (Wildman–Crippen LogP) is 3.52. The molecule has 0 aliphatic heterocycles. The van der Waals surface area contributed by atoms with Crippen LogP contribution in [0.5, 0.6) is 11.5 Å². The van der Waals surface area contributed by atoms with E-state index in [4.69, 9.17) is 9.26 Å². The third kappa shape index (κ3) is 2.36. The number of ether oxygens (including phenoxy) is 1. The Bertz CT molecular complexity index is 699. The lowest BCUT2D eigenvalue weighted by atomic mass is 10.1. The molecule has 3 aromatic rings. The lowest BCUT2D eigenvalue weighted by Crippen LogP contribution is -1.82. The number of rotatable bonds is 3. The summed E-state index contributed by atoms with van der Waals surface area (Å²) >= 11 is 0. The van der Waals surface area contributed by atoms with Crippen LogP contribution in [-0.4, -0.2) is 17.4 Å². The van der Waals surface area contributed by atoms with E-state index < -0.39 is 0 Å². The fourth-order valence-corrected chi connectivity index (χ4v) is 1.86. The fraction of sp³-hybridized carbons (Fsp3) is 0.0625. The molecule has 1 heterocycles. The summed E-state index contributed by atoms with van der Waals surface area (Å²) in [6.07, 6.45) is 0. The van der Waals surface area contributed by atoms with E-state index >= 15 is 0 Å². The molecule has 0 aliphatic carbocycles. The van der Waals surface area contributed by atoms with Crippen LogP contribution in [0.1, 0.15) is 0 Å². The number of aromatic nitrogens is 1. The molecule has 0 amide bonds. The molecule has 0 saturated carbocycles. The monoisotopic (exact) mass is 266 g/mol. The van der Waals surface area contributed by atoms with Crippen LogP contribution in [0, 0.1) is 6.07 Å². The Morgan fingerprint density at radius 1 is 1.00 bits per heavy atom. The summed E-state index contributed by atoms with van der Waals surface area (Å²) in [6, 6.07) is 17.3. The van der Waals surface area contributed by atoms with Gasteiger partial charge < -0.3 is 14.4 Å². The van der Waals surface area contributed by atoms with Crippen molar-refractivity contribution < 1.29 is 14.4 Å². The molecule has 0 atom stereocenters. The molecular formula is C16H12NO3. The molecule has 2 aromatic carbocycles. The molecule has 0 aliphatic rings. The second kappa shape index (κ2) is 5.09. The number of hydrogen-bond acceptors (Lipinski definition) is 4. The molecular weight excluding hydrogens is 254 g/mol. The summed E-state index contributed by atoms with van der Waals surface area (Å²) in [4.78, 5) is 0. The van der Waals surface area contributed by atoms with Crippen LogP contribution in [0.25, 0.3) is 22.6 Å². The Morgan fingerprint density at radius 3 is 2.30 bits per heavy atom. The molecule has 20 heavy (non-hydrogen) atoms. The Kier molecular flexibility index (Phi) is 3.13. The van der Waals surface area contributed by atoms with Gasteiger partial charge in [-0.3, -0.25) is 0 Å². The molecule has 1 aromatic heterocycles. The summed E-state index contributed by atoms with van der Waals surface area (Å²) in [6.45, 7) is 0. The van der Waals surface area contributed by atoms with E-state index in [2.05, 4.69) is 11.2 Å². The molecule has 99 valence electrons. The largest absolute Gasteiger partial charge is 0.508 e. The summed E-state index contributed by atoms with van der Waals surface area (Å²) in [5.74, 6) is 1.54. The maximum absolute atomic E-state index is 9.27. The zero-order chi connectivity index (χ0) is 13.9. The minimum absolute atomic E-state index is 0.212. The van der Waals surface area contributed by atoms with Gasteiger partial charge in [0.05, 0.1) is 13.2 Å². The van der Waals surface area contributed by atoms with E-state index in [0.717, 1.165) is 16.9 Å². The third-order valence-electron chi connectivity index (χ3n) is 2.95. The van der Waals surface area contributed by atoms with Gasteiger partial charge in [-0.1, -0.05) is 5.16 Å². The van der Waals surface area contributed by atoms with Crippen molar-refractivity contribution in [3.63, 3.8) is 0 Å². The molecule has 1 radical (unpaired) electrons. The number of phenols is 1. The number of phenolic OH excluding ortho intramolecular Hbond substituents is 1. The van der Waals surface area contributed by atoms with Gasteiger partial charge in [-0.25, -0.2) is 0 Å². The van der Waals surface area contributed by atoms with E-state index in [-0.39, 0.29) is 5.75 Å². The van der Waals surface area contributed by atoms with E-state index in [1.54, 1.807) is 31.4 Å². The highest BCUT2D eigenvalue weighted by Gasteiger charge is 2.09. The Hall–Kier alpha value is -2.75. The second-order valence-corrected chi connectivity index (χ2v) is 4.26. The molecule has 0 saturated heterocycles. The lowest BCUT2D eigenvalue weighted by Gasteiger charge is -1.99. The predicted molar refractivity (Wildman–Crippen MR) is 74.4 cm³/mol. The van der Waals surface area contributed by atoms with Crippen LogP contribution < -0.4 is 4.74 Å². The molecule has 0 unspecified atom stereocenters. The van der Waals surface area contributed by atoms with E-state index in [1.807, 2.05) is 24.3 Å². The van der Waals surface area contributed by atoms with Crippen LogP contribution in [-0.2, 0) is 0 Å². The third-order valence-corrected chi connectivity index (χ3v) is 2.95. The van der Waals surface area contributed by atoms with Gasteiger partial charge in [-0.05, 0) is 48.5 Å². The van der Waals surface area contributed by atoms with E-state index in [0.29, 0.717) is 11.5 Å². The van der Waals surface area contributed by atoms with Crippen molar-refractivity contribution in [2.45, 2.75) is 0 Å². The zero-order valence-corrected chi connectivity index (χ0v) is 10.8. The zero-order valence-electron chi connectivity index (χ0n) is 10.8.